The molecule has 1 aromatic carbocycles. The Morgan fingerprint density at radius 3 is 2.63 bits per heavy atom. The molecule has 0 aliphatic rings. The van der Waals surface area contributed by atoms with E-state index in [0.29, 0.717) is 29.5 Å². The van der Waals surface area contributed by atoms with E-state index in [9.17, 15) is 13.2 Å². The number of rotatable bonds is 6. The first-order valence-corrected chi connectivity index (χ1v) is 6.51. The van der Waals surface area contributed by atoms with Crippen molar-refractivity contribution in [3.8, 4) is 0 Å². The van der Waals surface area contributed by atoms with Gasteiger partial charge in [-0.25, -0.2) is 0 Å². The van der Waals surface area contributed by atoms with Crippen LogP contribution >= 0.6 is 15.9 Å². The highest BCUT2D eigenvalue weighted by Gasteiger charge is 2.31. The fraction of sp³-hybridized carbons (Fsp3) is 0.500. The van der Waals surface area contributed by atoms with Crippen molar-refractivity contribution in [3.63, 3.8) is 0 Å². The van der Waals surface area contributed by atoms with Gasteiger partial charge in [-0.2, -0.15) is 13.2 Å². The van der Waals surface area contributed by atoms with Crippen LogP contribution in [-0.2, 0) is 10.9 Å². The van der Waals surface area contributed by atoms with Crippen molar-refractivity contribution in [2.24, 2.45) is 5.84 Å². The fourth-order valence-electron chi connectivity index (χ4n) is 1.75. The average molecular weight is 341 g/mol. The minimum Gasteiger partial charge on any atom is -0.385 e. The number of hydrogen-bond acceptors (Lipinski definition) is 3. The zero-order chi connectivity index (χ0) is 14.5. The Kier molecular flexibility index (Phi) is 6.25. The van der Waals surface area contributed by atoms with Crippen LogP contribution in [0.25, 0.3) is 0 Å². The average Bonchev–Trinajstić information content (AvgIpc) is 2.34. The zero-order valence-corrected chi connectivity index (χ0v) is 12.0. The maximum absolute atomic E-state index is 12.7. The van der Waals surface area contributed by atoms with Gasteiger partial charge >= 0.3 is 6.18 Å². The highest BCUT2D eigenvalue weighted by Crippen LogP contribution is 2.34. The van der Waals surface area contributed by atoms with E-state index in [2.05, 4.69) is 21.4 Å². The third-order valence-electron chi connectivity index (χ3n) is 2.74. The highest BCUT2D eigenvalue weighted by atomic mass is 79.9. The quantitative estimate of drug-likeness (QED) is 0.474. The number of alkyl halides is 3. The van der Waals surface area contributed by atoms with Gasteiger partial charge in [0.25, 0.3) is 0 Å². The largest absolute Gasteiger partial charge is 0.416 e. The Morgan fingerprint density at radius 2 is 2.11 bits per heavy atom. The predicted molar refractivity (Wildman–Crippen MR) is 70.3 cm³/mol. The van der Waals surface area contributed by atoms with Gasteiger partial charge < -0.3 is 4.74 Å². The number of nitrogens with two attached hydrogens (primary N) is 1. The lowest BCUT2D eigenvalue weighted by molar-refractivity contribution is -0.137. The Labute approximate surface area is 118 Å². The minimum atomic E-state index is -4.36. The monoisotopic (exact) mass is 340 g/mol. The molecule has 0 saturated heterocycles. The second-order valence-electron chi connectivity index (χ2n) is 4.09. The van der Waals surface area contributed by atoms with E-state index >= 15 is 0 Å². The van der Waals surface area contributed by atoms with Crippen molar-refractivity contribution >= 4 is 15.9 Å². The Hall–Kier alpha value is -0.630. The molecule has 0 aromatic heterocycles. The van der Waals surface area contributed by atoms with Crippen molar-refractivity contribution in [1.29, 1.82) is 0 Å². The van der Waals surface area contributed by atoms with Crippen LogP contribution in [0.4, 0.5) is 13.2 Å². The molecule has 19 heavy (non-hydrogen) atoms. The molecule has 0 bridgehead atoms. The molecule has 0 amide bonds. The van der Waals surface area contributed by atoms with Crippen LogP contribution in [0.5, 0.6) is 0 Å². The van der Waals surface area contributed by atoms with E-state index in [-0.39, 0.29) is 6.04 Å². The van der Waals surface area contributed by atoms with Gasteiger partial charge in [0.05, 0.1) is 5.56 Å². The van der Waals surface area contributed by atoms with Gasteiger partial charge in [0.2, 0.25) is 0 Å². The predicted octanol–water partition coefficient (Wildman–Crippen LogP) is 3.40. The summed E-state index contributed by atoms with van der Waals surface area (Å²) in [5.74, 6) is 5.42. The van der Waals surface area contributed by atoms with Crippen LogP contribution in [0.15, 0.2) is 22.7 Å². The lowest BCUT2D eigenvalue weighted by atomic mass is 10.0. The van der Waals surface area contributed by atoms with Crippen molar-refractivity contribution in [2.45, 2.75) is 25.1 Å². The molecule has 0 aliphatic heterocycles. The summed E-state index contributed by atoms with van der Waals surface area (Å²) in [6.07, 6.45) is -3.07. The van der Waals surface area contributed by atoms with E-state index in [4.69, 9.17) is 10.6 Å². The molecule has 0 aliphatic carbocycles. The number of hydrazine groups is 1. The zero-order valence-electron chi connectivity index (χ0n) is 10.4. The molecule has 1 rings (SSSR count). The number of hydrogen-bond donors (Lipinski definition) is 2. The molecule has 3 N–H and O–H groups in total. The summed E-state index contributed by atoms with van der Waals surface area (Å²) in [6, 6.07) is 3.18. The maximum Gasteiger partial charge on any atom is 0.416 e. The molecule has 0 heterocycles. The van der Waals surface area contributed by atoms with Crippen LogP contribution in [0, 0.1) is 0 Å². The fourth-order valence-corrected chi connectivity index (χ4v) is 2.27. The van der Waals surface area contributed by atoms with Gasteiger partial charge in [0.1, 0.15) is 0 Å². The van der Waals surface area contributed by atoms with Crippen molar-refractivity contribution in [1.82, 2.24) is 5.43 Å². The molecule has 1 aromatic rings. The van der Waals surface area contributed by atoms with Crippen LogP contribution in [0.1, 0.15) is 30.0 Å². The number of methoxy groups -OCH3 is 1. The number of halogens is 4. The van der Waals surface area contributed by atoms with Crippen molar-refractivity contribution < 1.29 is 17.9 Å². The molecular weight excluding hydrogens is 325 g/mol. The summed E-state index contributed by atoms with van der Waals surface area (Å²) in [6.45, 7) is 0.536. The third-order valence-corrected chi connectivity index (χ3v) is 3.46. The first-order valence-electron chi connectivity index (χ1n) is 5.72. The highest BCUT2D eigenvalue weighted by molar-refractivity contribution is 9.10. The number of ether oxygens (including phenoxy) is 1. The first kappa shape index (κ1) is 16.4. The van der Waals surface area contributed by atoms with Crippen LogP contribution in [0.2, 0.25) is 0 Å². The summed E-state index contributed by atoms with van der Waals surface area (Å²) in [5, 5.41) is 0. The van der Waals surface area contributed by atoms with E-state index in [0.717, 1.165) is 12.1 Å². The lowest BCUT2D eigenvalue weighted by Crippen LogP contribution is -2.28. The standard InChI is InChI=1S/C12H16BrF3N2O/c1-19-6-2-3-11(18-17)9-7-8(12(14,15)16)4-5-10(9)13/h4-5,7,11,18H,2-3,6,17H2,1H3. The molecule has 1 unspecified atom stereocenters. The minimum absolute atomic E-state index is 0.355. The summed E-state index contributed by atoms with van der Waals surface area (Å²) in [5.41, 5.74) is 2.36. The topological polar surface area (TPSA) is 47.3 Å². The van der Waals surface area contributed by atoms with Crippen LogP contribution < -0.4 is 11.3 Å². The van der Waals surface area contributed by atoms with Gasteiger partial charge in [0.15, 0.2) is 0 Å². The van der Waals surface area contributed by atoms with E-state index in [1.807, 2.05) is 0 Å². The van der Waals surface area contributed by atoms with Crippen molar-refractivity contribution in [2.75, 3.05) is 13.7 Å². The number of benzene rings is 1. The molecule has 0 fully saturated rings. The van der Waals surface area contributed by atoms with Gasteiger partial charge in [-0.05, 0) is 36.6 Å². The maximum atomic E-state index is 12.7. The Bertz CT molecular complexity index is 412. The summed E-state index contributed by atoms with van der Waals surface area (Å²) >= 11 is 3.25. The first-order chi connectivity index (χ1) is 8.90. The summed E-state index contributed by atoms with van der Waals surface area (Å²) in [7, 11) is 1.57. The van der Waals surface area contributed by atoms with E-state index in [1.54, 1.807) is 7.11 Å². The summed E-state index contributed by atoms with van der Waals surface area (Å²) < 4.78 is 43.6. The lowest BCUT2D eigenvalue weighted by Gasteiger charge is -2.19. The normalized spacial score (nSPS) is 13.6. The van der Waals surface area contributed by atoms with Crippen molar-refractivity contribution in [3.05, 3.63) is 33.8 Å². The molecule has 0 spiro atoms. The van der Waals surface area contributed by atoms with Crippen LogP contribution in [0.3, 0.4) is 0 Å². The molecule has 1 atom stereocenters. The molecule has 7 heteroatoms. The third kappa shape index (κ3) is 4.76. The van der Waals surface area contributed by atoms with E-state index < -0.39 is 11.7 Å². The van der Waals surface area contributed by atoms with Gasteiger partial charge in [-0.3, -0.25) is 11.3 Å². The molecular formula is C12H16BrF3N2O. The Balaban J connectivity index is 2.95. The van der Waals surface area contributed by atoms with Gasteiger partial charge in [-0.15, -0.1) is 0 Å². The second kappa shape index (κ2) is 7.23. The smallest absolute Gasteiger partial charge is 0.385 e. The molecule has 108 valence electrons. The van der Waals surface area contributed by atoms with Crippen LogP contribution in [-0.4, -0.2) is 13.7 Å². The SMILES string of the molecule is COCCCC(NN)c1cc(C(F)(F)F)ccc1Br. The second-order valence-corrected chi connectivity index (χ2v) is 4.94. The molecule has 0 radical (unpaired) electrons. The van der Waals surface area contributed by atoms with Gasteiger partial charge in [0, 0.05) is 24.2 Å². The molecule has 0 saturated carbocycles. The number of nitrogens with one attached hydrogen (secondary N) is 1. The van der Waals surface area contributed by atoms with Gasteiger partial charge in [-0.1, -0.05) is 15.9 Å². The summed E-state index contributed by atoms with van der Waals surface area (Å²) in [4.78, 5) is 0. The van der Waals surface area contributed by atoms with E-state index in [1.165, 1.54) is 6.07 Å². The Morgan fingerprint density at radius 1 is 1.42 bits per heavy atom. The molecule has 3 nitrogen and oxygen atoms in total.